The first-order chi connectivity index (χ1) is 6.19. The molecule has 0 saturated heterocycles. The number of methoxy groups -OCH3 is 1. The van der Waals surface area contributed by atoms with Gasteiger partial charge in [0.05, 0.1) is 19.1 Å². The molecule has 1 unspecified atom stereocenters. The van der Waals surface area contributed by atoms with E-state index in [1.54, 1.807) is 19.1 Å². The number of nitrogens with zero attached hydrogens (tertiary/aromatic N) is 1. The van der Waals surface area contributed by atoms with Crippen molar-refractivity contribution < 1.29 is 9.84 Å². The summed E-state index contributed by atoms with van der Waals surface area (Å²) in [7, 11) is 1.52. The van der Waals surface area contributed by atoms with Gasteiger partial charge < -0.3 is 9.84 Å². The highest BCUT2D eigenvalue weighted by molar-refractivity contribution is 5.43. The summed E-state index contributed by atoms with van der Waals surface area (Å²) in [5.41, 5.74) is 0.794. The molecule has 1 aromatic rings. The zero-order valence-electron chi connectivity index (χ0n) is 7.61. The summed E-state index contributed by atoms with van der Waals surface area (Å²) in [6, 6.07) is 6.86. The Kier molecular flexibility index (Phi) is 2.76. The number of aromatic hydroxyl groups is 1. The van der Waals surface area contributed by atoms with Crippen molar-refractivity contribution >= 4 is 0 Å². The summed E-state index contributed by atoms with van der Waals surface area (Å²) in [5, 5.41) is 17.9. The molecule has 0 aliphatic heterocycles. The SMILES string of the molecule is COc1cc(O)ccc1C(C)C#N. The number of phenolic OH excluding ortho intramolecular Hbond substituents is 1. The Bertz CT molecular complexity index is 341. The second-order valence-electron chi connectivity index (χ2n) is 2.78. The summed E-state index contributed by atoms with van der Waals surface area (Å²) in [6.07, 6.45) is 0. The number of nitriles is 1. The molecule has 0 aliphatic carbocycles. The van der Waals surface area contributed by atoms with Crippen LogP contribution >= 0.6 is 0 Å². The first-order valence-electron chi connectivity index (χ1n) is 3.95. The van der Waals surface area contributed by atoms with Crippen LogP contribution in [0.2, 0.25) is 0 Å². The first-order valence-corrected chi connectivity index (χ1v) is 3.95. The van der Waals surface area contributed by atoms with E-state index in [0.29, 0.717) is 5.75 Å². The van der Waals surface area contributed by atoms with Gasteiger partial charge >= 0.3 is 0 Å². The van der Waals surface area contributed by atoms with Gasteiger partial charge in [0.15, 0.2) is 0 Å². The van der Waals surface area contributed by atoms with E-state index in [4.69, 9.17) is 15.1 Å². The molecule has 3 heteroatoms. The van der Waals surface area contributed by atoms with Crippen LogP contribution in [0.15, 0.2) is 18.2 Å². The zero-order chi connectivity index (χ0) is 9.84. The van der Waals surface area contributed by atoms with E-state index < -0.39 is 0 Å². The molecule has 0 fully saturated rings. The Morgan fingerprint density at radius 2 is 2.23 bits per heavy atom. The van der Waals surface area contributed by atoms with Crippen molar-refractivity contribution in [3.05, 3.63) is 23.8 Å². The fraction of sp³-hybridized carbons (Fsp3) is 0.300. The molecule has 1 N–H and O–H groups in total. The molecular weight excluding hydrogens is 166 g/mol. The van der Waals surface area contributed by atoms with Gasteiger partial charge in [-0.3, -0.25) is 0 Å². The lowest BCUT2D eigenvalue weighted by Crippen LogP contribution is -1.94. The predicted octanol–water partition coefficient (Wildman–Crippen LogP) is 2.03. The number of ether oxygens (including phenoxy) is 1. The van der Waals surface area contributed by atoms with Crippen LogP contribution < -0.4 is 4.74 Å². The Morgan fingerprint density at radius 3 is 2.77 bits per heavy atom. The van der Waals surface area contributed by atoms with Crippen LogP contribution in [0, 0.1) is 11.3 Å². The highest BCUT2D eigenvalue weighted by atomic mass is 16.5. The molecule has 0 aromatic heterocycles. The first kappa shape index (κ1) is 9.40. The Balaban J connectivity index is 3.15. The molecule has 0 saturated carbocycles. The van der Waals surface area contributed by atoms with Crippen LogP contribution in [-0.2, 0) is 0 Å². The third-order valence-corrected chi connectivity index (χ3v) is 1.88. The van der Waals surface area contributed by atoms with E-state index >= 15 is 0 Å². The van der Waals surface area contributed by atoms with Crippen LogP contribution in [0.1, 0.15) is 18.4 Å². The minimum Gasteiger partial charge on any atom is -0.508 e. The van der Waals surface area contributed by atoms with E-state index in [1.807, 2.05) is 0 Å². The fourth-order valence-electron chi connectivity index (χ4n) is 1.13. The van der Waals surface area contributed by atoms with Gasteiger partial charge in [-0.2, -0.15) is 5.26 Å². The van der Waals surface area contributed by atoms with Gasteiger partial charge in [-0.15, -0.1) is 0 Å². The molecule has 13 heavy (non-hydrogen) atoms. The standard InChI is InChI=1S/C10H11NO2/c1-7(6-11)9-4-3-8(12)5-10(9)13-2/h3-5,7,12H,1-2H3. The lowest BCUT2D eigenvalue weighted by molar-refractivity contribution is 0.402. The maximum atomic E-state index is 9.16. The van der Waals surface area contributed by atoms with E-state index in [9.17, 15) is 0 Å². The lowest BCUT2D eigenvalue weighted by atomic mass is 10.0. The van der Waals surface area contributed by atoms with Gasteiger partial charge in [0.2, 0.25) is 0 Å². The summed E-state index contributed by atoms with van der Waals surface area (Å²) in [4.78, 5) is 0. The topological polar surface area (TPSA) is 53.2 Å². The third-order valence-electron chi connectivity index (χ3n) is 1.88. The summed E-state index contributed by atoms with van der Waals surface area (Å²) in [6.45, 7) is 1.79. The van der Waals surface area contributed by atoms with Crippen LogP contribution in [0.4, 0.5) is 0 Å². The highest BCUT2D eigenvalue weighted by Gasteiger charge is 2.10. The van der Waals surface area contributed by atoms with Crippen molar-refractivity contribution in [2.45, 2.75) is 12.8 Å². The van der Waals surface area contributed by atoms with E-state index in [1.165, 1.54) is 13.2 Å². The van der Waals surface area contributed by atoms with Crippen molar-refractivity contribution in [1.29, 1.82) is 5.26 Å². The van der Waals surface area contributed by atoms with Crippen molar-refractivity contribution in [3.63, 3.8) is 0 Å². The van der Waals surface area contributed by atoms with E-state index in [0.717, 1.165) is 5.56 Å². The van der Waals surface area contributed by atoms with Gasteiger partial charge in [-0.25, -0.2) is 0 Å². The number of hydrogen-bond acceptors (Lipinski definition) is 3. The molecule has 68 valence electrons. The third kappa shape index (κ3) is 1.91. The van der Waals surface area contributed by atoms with Gasteiger partial charge in [0.25, 0.3) is 0 Å². The smallest absolute Gasteiger partial charge is 0.127 e. The van der Waals surface area contributed by atoms with Crippen LogP contribution in [-0.4, -0.2) is 12.2 Å². The van der Waals surface area contributed by atoms with Crippen LogP contribution in [0.5, 0.6) is 11.5 Å². The maximum Gasteiger partial charge on any atom is 0.127 e. The lowest BCUT2D eigenvalue weighted by Gasteiger charge is -2.09. The van der Waals surface area contributed by atoms with E-state index in [2.05, 4.69) is 6.07 Å². The molecule has 0 bridgehead atoms. The van der Waals surface area contributed by atoms with Gasteiger partial charge in [-0.1, -0.05) is 6.07 Å². The van der Waals surface area contributed by atoms with Crippen LogP contribution in [0.3, 0.4) is 0 Å². The number of rotatable bonds is 2. The monoisotopic (exact) mass is 177 g/mol. The second-order valence-corrected chi connectivity index (χ2v) is 2.78. The summed E-state index contributed by atoms with van der Waals surface area (Å²) < 4.78 is 5.04. The number of phenols is 1. The quantitative estimate of drug-likeness (QED) is 0.751. The predicted molar refractivity (Wildman–Crippen MR) is 48.7 cm³/mol. The van der Waals surface area contributed by atoms with Gasteiger partial charge in [0.1, 0.15) is 11.5 Å². The van der Waals surface area contributed by atoms with Crippen molar-refractivity contribution in [2.75, 3.05) is 7.11 Å². The molecule has 1 atom stereocenters. The molecule has 0 radical (unpaired) electrons. The molecule has 0 heterocycles. The highest BCUT2D eigenvalue weighted by Crippen LogP contribution is 2.29. The maximum absolute atomic E-state index is 9.16. The number of benzene rings is 1. The van der Waals surface area contributed by atoms with Crippen molar-refractivity contribution in [3.8, 4) is 17.6 Å². The molecule has 0 amide bonds. The zero-order valence-corrected chi connectivity index (χ0v) is 7.61. The molecular formula is C10H11NO2. The normalized spacial score (nSPS) is 11.8. The van der Waals surface area contributed by atoms with Crippen molar-refractivity contribution in [1.82, 2.24) is 0 Å². The summed E-state index contributed by atoms with van der Waals surface area (Å²) >= 11 is 0. The minimum atomic E-state index is -0.226. The Labute approximate surface area is 77.2 Å². The molecule has 1 aromatic carbocycles. The Morgan fingerprint density at radius 1 is 1.54 bits per heavy atom. The van der Waals surface area contributed by atoms with Crippen LogP contribution in [0.25, 0.3) is 0 Å². The van der Waals surface area contributed by atoms with Gasteiger partial charge in [0, 0.05) is 11.6 Å². The van der Waals surface area contributed by atoms with E-state index in [-0.39, 0.29) is 11.7 Å². The fourth-order valence-corrected chi connectivity index (χ4v) is 1.13. The molecule has 0 spiro atoms. The molecule has 0 aliphatic rings. The molecule has 3 nitrogen and oxygen atoms in total. The minimum absolute atomic E-state index is 0.144. The largest absolute Gasteiger partial charge is 0.508 e. The Hall–Kier alpha value is -1.69. The average Bonchev–Trinajstić information content (AvgIpc) is 2.16. The average molecular weight is 177 g/mol. The van der Waals surface area contributed by atoms with Crippen molar-refractivity contribution in [2.24, 2.45) is 0 Å². The van der Waals surface area contributed by atoms with Gasteiger partial charge in [-0.05, 0) is 13.0 Å². The number of hydrogen-bond donors (Lipinski definition) is 1. The molecule has 1 rings (SSSR count). The summed E-state index contributed by atoms with van der Waals surface area (Å²) in [5.74, 6) is 0.468. The second kappa shape index (κ2) is 3.81.